The first-order chi connectivity index (χ1) is 17.4. The van der Waals surface area contributed by atoms with Gasteiger partial charge in [-0.1, -0.05) is 124 Å². The molecule has 0 heterocycles. The van der Waals surface area contributed by atoms with Crippen LogP contribution in [0, 0.1) is 5.92 Å². The lowest BCUT2D eigenvalue weighted by molar-refractivity contribution is -0.148. The lowest BCUT2D eigenvalue weighted by Crippen LogP contribution is -2.42. The van der Waals surface area contributed by atoms with Gasteiger partial charge in [-0.3, -0.25) is 9.59 Å². The van der Waals surface area contributed by atoms with Crippen molar-refractivity contribution in [2.24, 2.45) is 5.92 Å². The normalized spacial score (nSPS) is 12.0. The van der Waals surface area contributed by atoms with Gasteiger partial charge in [0, 0.05) is 12.8 Å². The summed E-state index contributed by atoms with van der Waals surface area (Å²) in [5, 5.41) is 11.7. The number of amides is 1. The quantitative estimate of drug-likeness (QED) is 0.0907. The molecular formula is C30H57NO5. The number of unbranched alkanes of at least 4 members (excludes halogenated alkanes) is 15. The van der Waals surface area contributed by atoms with Gasteiger partial charge in [-0.05, 0) is 25.2 Å². The van der Waals surface area contributed by atoms with Crippen LogP contribution in [-0.4, -0.2) is 35.6 Å². The van der Waals surface area contributed by atoms with Gasteiger partial charge >= 0.3 is 11.9 Å². The zero-order valence-corrected chi connectivity index (χ0v) is 23.8. The minimum absolute atomic E-state index is 0.0640. The molecule has 212 valence electrons. The van der Waals surface area contributed by atoms with Gasteiger partial charge in [0.1, 0.15) is 6.04 Å². The van der Waals surface area contributed by atoms with Gasteiger partial charge in [0.2, 0.25) is 5.91 Å². The Balaban J connectivity index is 3.98. The number of carboxylic acids is 1. The van der Waals surface area contributed by atoms with Crippen LogP contribution in [0.3, 0.4) is 0 Å². The summed E-state index contributed by atoms with van der Waals surface area (Å²) < 4.78 is 5.37. The number of carbonyl (C=O) groups is 3. The van der Waals surface area contributed by atoms with E-state index in [0.717, 1.165) is 44.4 Å². The van der Waals surface area contributed by atoms with Crippen molar-refractivity contribution in [3.8, 4) is 0 Å². The minimum atomic E-state index is -0.981. The summed E-state index contributed by atoms with van der Waals surface area (Å²) in [6.07, 6.45) is 21.5. The van der Waals surface area contributed by atoms with Crippen LogP contribution in [-0.2, 0) is 19.1 Å². The molecule has 0 rings (SSSR count). The van der Waals surface area contributed by atoms with Crippen molar-refractivity contribution in [3.63, 3.8) is 0 Å². The molecule has 0 aromatic rings. The molecule has 0 bridgehead atoms. The summed E-state index contributed by atoms with van der Waals surface area (Å²) in [7, 11) is 0. The largest absolute Gasteiger partial charge is 0.481 e. The number of aliphatic carboxylic acids is 1. The van der Waals surface area contributed by atoms with E-state index in [9.17, 15) is 14.4 Å². The predicted octanol–water partition coefficient (Wildman–Crippen LogP) is 7.97. The highest BCUT2D eigenvalue weighted by Crippen LogP contribution is 2.13. The van der Waals surface area contributed by atoms with Gasteiger partial charge in [-0.2, -0.15) is 0 Å². The van der Waals surface area contributed by atoms with E-state index in [1.807, 2.05) is 0 Å². The number of nitrogens with one attached hydrogen (secondary N) is 1. The number of hydrogen-bond donors (Lipinski definition) is 2. The second kappa shape index (κ2) is 25.1. The van der Waals surface area contributed by atoms with Crippen molar-refractivity contribution in [2.45, 2.75) is 162 Å². The smallest absolute Gasteiger partial charge is 0.328 e. The molecule has 0 saturated heterocycles. The van der Waals surface area contributed by atoms with Gasteiger partial charge in [0.15, 0.2) is 0 Å². The van der Waals surface area contributed by atoms with E-state index in [-0.39, 0.29) is 18.7 Å². The van der Waals surface area contributed by atoms with E-state index in [4.69, 9.17) is 9.84 Å². The molecule has 0 aromatic heterocycles. The molecule has 0 fully saturated rings. The summed E-state index contributed by atoms with van der Waals surface area (Å²) in [6, 6.07) is -0.877. The molecule has 0 aliphatic heterocycles. The molecule has 0 unspecified atom stereocenters. The average Bonchev–Trinajstić information content (AvgIpc) is 2.83. The fourth-order valence-electron chi connectivity index (χ4n) is 4.37. The van der Waals surface area contributed by atoms with Crippen LogP contribution in [0.5, 0.6) is 0 Å². The summed E-state index contributed by atoms with van der Waals surface area (Å²) in [6.45, 7) is 7.09. The van der Waals surface area contributed by atoms with Crippen molar-refractivity contribution < 1.29 is 24.2 Å². The first-order valence-electron chi connectivity index (χ1n) is 15.0. The van der Waals surface area contributed by atoms with Gasteiger partial charge in [-0.25, -0.2) is 4.79 Å². The maximum atomic E-state index is 12.5. The van der Waals surface area contributed by atoms with Crippen molar-refractivity contribution >= 4 is 17.8 Å². The van der Waals surface area contributed by atoms with Crippen LogP contribution < -0.4 is 5.32 Å². The van der Waals surface area contributed by atoms with Crippen LogP contribution in [0.1, 0.15) is 156 Å². The van der Waals surface area contributed by atoms with E-state index in [1.165, 1.54) is 77.0 Å². The average molecular weight is 512 g/mol. The Hall–Kier alpha value is -1.59. The van der Waals surface area contributed by atoms with E-state index in [2.05, 4.69) is 26.1 Å². The molecule has 0 aliphatic carbocycles. The molecule has 1 amide bonds. The Morgan fingerprint density at radius 1 is 0.667 bits per heavy atom. The second-order valence-corrected chi connectivity index (χ2v) is 10.8. The van der Waals surface area contributed by atoms with Crippen LogP contribution in [0.2, 0.25) is 0 Å². The van der Waals surface area contributed by atoms with Crippen molar-refractivity contribution in [2.75, 3.05) is 6.61 Å². The molecule has 6 heteroatoms. The lowest BCUT2D eigenvalue weighted by Gasteiger charge is -2.17. The topological polar surface area (TPSA) is 92.7 Å². The van der Waals surface area contributed by atoms with Crippen LogP contribution in [0.4, 0.5) is 0 Å². The van der Waals surface area contributed by atoms with Crippen molar-refractivity contribution in [1.82, 2.24) is 5.32 Å². The molecule has 0 aromatic carbocycles. The van der Waals surface area contributed by atoms with E-state index in [0.29, 0.717) is 13.0 Å². The van der Waals surface area contributed by atoms with Gasteiger partial charge < -0.3 is 15.2 Å². The number of esters is 1. The SMILES string of the molecule is CCCCCCCCCCCC(=O)N[C@@H](CCC(=O)O)C(=O)OCCCCCCCCCCC(C)C. The standard InChI is InChI=1S/C30H57NO5/c1-4-5-6-7-8-9-13-16-19-22-28(32)31-27(23-24-29(33)34)30(35)36-25-20-17-14-11-10-12-15-18-21-26(2)3/h26-27H,4-25H2,1-3H3,(H,31,32)(H,33,34)/t27-/m0/s1. The molecule has 36 heavy (non-hydrogen) atoms. The highest BCUT2D eigenvalue weighted by molar-refractivity contribution is 5.84. The summed E-state index contributed by atoms with van der Waals surface area (Å²) in [4.78, 5) is 35.8. The number of carbonyl (C=O) groups excluding carboxylic acids is 2. The van der Waals surface area contributed by atoms with Crippen LogP contribution in [0.15, 0.2) is 0 Å². The molecule has 1 atom stereocenters. The molecule has 0 radical (unpaired) electrons. The van der Waals surface area contributed by atoms with Gasteiger partial charge in [0.25, 0.3) is 0 Å². The third kappa shape index (κ3) is 24.1. The third-order valence-electron chi connectivity index (χ3n) is 6.69. The zero-order chi connectivity index (χ0) is 26.9. The summed E-state index contributed by atoms with van der Waals surface area (Å²) in [5.41, 5.74) is 0. The van der Waals surface area contributed by atoms with Crippen molar-refractivity contribution in [1.29, 1.82) is 0 Å². The third-order valence-corrected chi connectivity index (χ3v) is 6.69. The van der Waals surface area contributed by atoms with Gasteiger partial charge in [0.05, 0.1) is 6.61 Å². The number of rotatable bonds is 26. The lowest BCUT2D eigenvalue weighted by atomic mass is 10.0. The number of ether oxygens (including phenoxy) is 1. The number of hydrogen-bond acceptors (Lipinski definition) is 4. The molecular weight excluding hydrogens is 454 g/mol. The Kier molecular flexibility index (Phi) is 24.0. The van der Waals surface area contributed by atoms with E-state index >= 15 is 0 Å². The molecule has 6 nitrogen and oxygen atoms in total. The minimum Gasteiger partial charge on any atom is -0.481 e. The van der Waals surface area contributed by atoms with E-state index < -0.39 is 18.0 Å². The Bertz CT molecular complexity index is 549. The maximum Gasteiger partial charge on any atom is 0.328 e. The Morgan fingerprint density at radius 2 is 1.17 bits per heavy atom. The maximum absolute atomic E-state index is 12.5. The fraction of sp³-hybridized carbons (Fsp3) is 0.900. The highest BCUT2D eigenvalue weighted by Gasteiger charge is 2.23. The van der Waals surface area contributed by atoms with Gasteiger partial charge in [-0.15, -0.1) is 0 Å². The van der Waals surface area contributed by atoms with Crippen LogP contribution >= 0.6 is 0 Å². The molecule has 0 saturated carbocycles. The van der Waals surface area contributed by atoms with Crippen molar-refractivity contribution in [3.05, 3.63) is 0 Å². The fourth-order valence-corrected chi connectivity index (χ4v) is 4.37. The molecule has 0 spiro atoms. The second-order valence-electron chi connectivity index (χ2n) is 10.8. The molecule has 0 aliphatic rings. The Labute approximate surface area is 221 Å². The number of carboxylic acid groups (broad SMARTS) is 1. The Morgan fingerprint density at radius 3 is 1.69 bits per heavy atom. The molecule has 2 N–H and O–H groups in total. The van der Waals surface area contributed by atoms with E-state index in [1.54, 1.807) is 0 Å². The predicted molar refractivity (Wildman–Crippen MR) is 148 cm³/mol. The first kappa shape index (κ1) is 34.4. The summed E-state index contributed by atoms with van der Waals surface area (Å²) >= 11 is 0. The monoisotopic (exact) mass is 511 g/mol. The van der Waals surface area contributed by atoms with Crippen LogP contribution in [0.25, 0.3) is 0 Å². The summed E-state index contributed by atoms with van der Waals surface area (Å²) in [5.74, 6) is -0.893. The first-order valence-corrected chi connectivity index (χ1v) is 15.0. The zero-order valence-electron chi connectivity index (χ0n) is 23.8. The highest BCUT2D eigenvalue weighted by atomic mass is 16.5.